The topological polar surface area (TPSA) is 158 Å². The minimum atomic E-state index is -0.330. The summed E-state index contributed by atoms with van der Waals surface area (Å²) in [7, 11) is 0. The lowest BCUT2D eigenvalue weighted by Crippen LogP contribution is -2.63. The van der Waals surface area contributed by atoms with Crippen LogP contribution in [0.3, 0.4) is 0 Å². The Bertz CT molecular complexity index is 545. The third-order valence-corrected chi connectivity index (χ3v) is 2.36. The van der Waals surface area contributed by atoms with Crippen LogP contribution in [0.5, 0.6) is 0 Å². The Kier molecular flexibility index (Phi) is 1.81. The first-order chi connectivity index (χ1) is 7.45. The molecule has 2 aromatic rings. The molecule has 8 nitrogen and oxygen atoms in total. The van der Waals surface area contributed by atoms with Crippen molar-refractivity contribution in [3.05, 3.63) is 22.5 Å². The first-order valence-corrected chi connectivity index (χ1v) is 4.33. The molecule has 8 N–H and O–H groups in total. The molecule has 0 saturated heterocycles. The van der Waals surface area contributed by atoms with Crippen molar-refractivity contribution < 1.29 is 9.69 Å². The second kappa shape index (κ2) is 2.92. The molecule has 0 amide bonds. The van der Waals surface area contributed by atoms with E-state index in [1.165, 1.54) is 12.1 Å². The molecule has 1 aromatic carbocycles. The summed E-state index contributed by atoms with van der Waals surface area (Å²) in [5, 5.41) is 23.1. The molecule has 0 spiro atoms. The normalized spacial score (nSPS) is 10.8. The summed E-state index contributed by atoms with van der Waals surface area (Å²) in [6.45, 7) is 0. The molecule has 0 aliphatic rings. The molecular formula is C8H10N6O2. The largest absolute Gasteiger partial charge is 0.675 e. The maximum Gasteiger partial charge on any atom is 0.323 e. The number of fused-ring (bicyclic) bond motifs is 1. The number of hydrogen-bond donors (Lipinski definition) is 4. The fourth-order valence-electron chi connectivity index (χ4n) is 1.57. The molecule has 1 heterocycles. The summed E-state index contributed by atoms with van der Waals surface area (Å²) >= 11 is 0. The van der Waals surface area contributed by atoms with E-state index in [9.17, 15) is 10.4 Å². The van der Waals surface area contributed by atoms with Crippen LogP contribution in [0, 0.1) is 10.4 Å². The van der Waals surface area contributed by atoms with E-state index in [0.29, 0.717) is 0 Å². The van der Waals surface area contributed by atoms with Gasteiger partial charge in [-0.15, -0.1) is 0 Å². The van der Waals surface area contributed by atoms with Gasteiger partial charge in [-0.1, -0.05) is 9.69 Å². The molecule has 2 rings (SSSR count). The van der Waals surface area contributed by atoms with Gasteiger partial charge in [0.15, 0.2) is 0 Å². The Balaban J connectivity index is 3.14. The molecule has 0 saturated carbocycles. The lowest BCUT2D eigenvalue weighted by atomic mass is 10.1. The Labute approximate surface area is 89.8 Å². The summed E-state index contributed by atoms with van der Waals surface area (Å²) in [6, 6.07) is 2.98. The van der Waals surface area contributed by atoms with Gasteiger partial charge in [0.2, 0.25) is 0 Å². The highest BCUT2D eigenvalue weighted by molar-refractivity contribution is 6.08. The Morgan fingerprint density at radius 1 is 0.750 bits per heavy atom. The Morgan fingerprint density at radius 2 is 1.06 bits per heavy atom. The number of nitrogens with zero attached hydrogens (tertiary/aromatic N) is 2. The lowest BCUT2D eigenvalue weighted by Gasteiger charge is -2.15. The first kappa shape index (κ1) is 9.90. The molecule has 0 bridgehead atoms. The fraction of sp³-hybridized carbons (Fsp3) is 0. The average Bonchev–Trinajstić information content (AvgIpc) is 2.26. The van der Waals surface area contributed by atoms with Gasteiger partial charge in [0.05, 0.1) is 0 Å². The number of anilines is 4. The summed E-state index contributed by atoms with van der Waals surface area (Å²) in [6.07, 6.45) is 0. The van der Waals surface area contributed by atoms with E-state index < -0.39 is 0 Å². The summed E-state index contributed by atoms with van der Waals surface area (Å²) in [5.74, 6) is -0.659. The molecule has 0 radical (unpaired) electrons. The highest BCUT2D eigenvalue weighted by atomic mass is 16.6. The van der Waals surface area contributed by atoms with E-state index >= 15 is 0 Å². The SMILES string of the molecule is Nc1ccc(N)c2c(N)[n+]([O-])[n+]([O-])c(N)c12. The van der Waals surface area contributed by atoms with Crippen molar-refractivity contribution in [3.8, 4) is 0 Å². The van der Waals surface area contributed by atoms with Crippen LogP contribution in [0.25, 0.3) is 10.8 Å². The van der Waals surface area contributed by atoms with Crippen LogP contribution in [-0.2, 0) is 0 Å². The predicted octanol–water partition coefficient (Wildman–Crippen LogP) is -1.56. The number of nitrogens with two attached hydrogens (primary N) is 4. The molecule has 0 unspecified atom stereocenters. The quantitative estimate of drug-likeness (QED) is 0.239. The van der Waals surface area contributed by atoms with Crippen LogP contribution in [0.2, 0.25) is 0 Å². The molecule has 16 heavy (non-hydrogen) atoms. The first-order valence-electron chi connectivity index (χ1n) is 4.33. The van der Waals surface area contributed by atoms with E-state index in [0.717, 1.165) is 0 Å². The van der Waals surface area contributed by atoms with Crippen LogP contribution in [0.4, 0.5) is 23.0 Å². The van der Waals surface area contributed by atoms with Crippen LogP contribution < -0.4 is 32.6 Å². The molecule has 0 fully saturated rings. The maximum absolute atomic E-state index is 11.3. The minimum Gasteiger partial charge on any atom is -0.675 e. The standard InChI is InChI=1S/C8H10N6O2/c9-3-1-2-4(10)6-5(3)7(11)13(15)14(16)8(6)12/h1-2H,9-12H2. The van der Waals surface area contributed by atoms with Crippen LogP contribution in [0.15, 0.2) is 12.1 Å². The number of rotatable bonds is 0. The molecule has 84 valence electrons. The second-order valence-corrected chi connectivity index (χ2v) is 3.31. The third kappa shape index (κ3) is 1.03. The minimum absolute atomic E-state index is 0.0759. The van der Waals surface area contributed by atoms with Crippen molar-refractivity contribution in [3.63, 3.8) is 0 Å². The van der Waals surface area contributed by atoms with Crippen molar-refractivity contribution in [1.29, 1.82) is 0 Å². The predicted molar refractivity (Wildman–Crippen MR) is 59.5 cm³/mol. The van der Waals surface area contributed by atoms with Gasteiger partial charge in [-0.2, -0.15) is 0 Å². The monoisotopic (exact) mass is 222 g/mol. The molecule has 0 aliphatic heterocycles. The smallest absolute Gasteiger partial charge is 0.323 e. The zero-order valence-electron chi connectivity index (χ0n) is 8.18. The van der Waals surface area contributed by atoms with Gasteiger partial charge in [0.25, 0.3) is 0 Å². The average molecular weight is 222 g/mol. The second-order valence-electron chi connectivity index (χ2n) is 3.31. The van der Waals surface area contributed by atoms with Gasteiger partial charge in [-0.25, -0.2) is 0 Å². The summed E-state index contributed by atoms with van der Waals surface area (Å²) < 4.78 is 0. The summed E-state index contributed by atoms with van der Waals surface area (Å²) in [4.78, 5) is -0.152. The third-order valence-electron chi connectivity index (χ3n) is 2.36. The van der Waals surface area contributed by atoms with Gasteiger partial charge in [0.1, 0.15) is 10.8 Å². The fourth-order valence-corrected chi connectivity index (χ4v) is 1.57. The van der Waals surface area contributed by atoms with E-state index in [-0.39, 0.29) is 43.5 Å². The zero-order valence-corrected chi connectivity index (χ0v) is 8.18. The molecule has 0 aliphatic carbocycles. The van der Waals surface area contributed by atoms with E-state index in [4.69, 9.17) is 22.9 Å². The number of aromatic nitrogens is 2. The van der Waals surface area contributed by atoms with Crippen molar-refractivity contribution in [2.24, 2.45) is 0 Å². The maximum atomic E-state index is 11.3. The van der Waals surface area contributed by atoms with Crippen molar-refractivity contribution in [1.82, 2.24) is 0 Å². The molecule has 8 heteroatoms. The number of hydrogen-bond acceptors (Lipinski definition) is 6. The highest BCUT2D eigenvalue weighted by Crippen LogP contribution is 2.31. The van der Waals surface area contributed by atoms with Gasteiger partial charge in [-0.3, -0.25) is 11.5 Å². The molecule has 0 atom stereocenters. The van der Waals surface area contributed by atoms with Crippen LogP contribution in [0.1, 0.15) is 0 Å². The lowest BCUT2D eigenvalue weighted by molar-refractivity contribution is -1.17. The van der Waals surface area contributed by atoms with Crippen LogP contribution in [-0.4, -0.2) is 0 Å². The van der Waals surface area contributed by atoms with Gasteiger partial charge < -0.3 is 21.9 Å². The van der Waals surface area contributed by atoms with Crippen molar-refractivity contribution in [2.75, 3.05) is 22.9 Å². The summed E-state index contributed by atoms with van der Waals surface area (Å²) in [5.41, 5.74) is 22.8. The van der Waals surface area contributed by atoms with Crippen molar-refractivity contribution >= 4 is 33.8 Å². The zero-order chi connectivity index (χ0) is 12.0. The van der Waals surface area contributed by atoms with E-state index in [1.54, 1.807) is 0 Å². The highest BCUT2D eigenvalue weighted by Gasteiger charge is 2.21. The van der Waals surface area contributed by atoms with Crippen molar-refractivity contribution in [2.45, 2.75) is 0 Å². The number of benzene rings is 1. The number of nitrogen functional groups attached to an aromatic ring is 4. The van der Waals surface area contributed by atoms with Gasteiger partial charge >= 0.3 is 11.6 Å². The molecule has 1 aromatic heterocycles. The van der Waals surface area contributed by atoms with Gasteiger partial charge in [0, 0.05) is 11.4 Å². The molecular weight excluding hydrogens is 212 g/mol. The van der Waals surface area contributed by atoms with Gasteiger partial charge in [-0.05, 0) is 12.1 Å². The van der Waals surface area contributed by atoms with E-state index in [1.807, 2.05) is 0 Å². The Morgan fingerprint density at radius 3 is 1.38 bits per heavy atom. The van der Waals surface area contributed by atoms with Crippen LogP contribution >= 0.6 is 0 Å². The van der Waals surface area contributed by atoms with E-state index in [2.05, 4.69) is 0 Å². The Hall–Kier alpha value is -2.64.